The number of fused-ring (bicyclic) bond motifs is 1. The van der Waals surface area contributed by atoms with Crippen LogP contribution in [0.2, 0.25) is 0 Å². The van der Waals surface area contributed by atoms with Gasteiger partial charge in [-0.1, -0.05) is 49.4 Å². The minimum Gasteiger partial charge on any atom is -0.292 e. The highest BCUT2D eigenvalue weighted by Gasteiger charge is 2.28. The molecule has 0 fully saturated rings. The first-order valence-electron chi connectivity index (χ1n) is 6.87. The lowest BCUT2D eigenvalue weighted by Gasteiger charge is -2.37. The molecule has 1 aliphatic heterocycles. The fourth-order valence-corrected chi connectivity index (χ4v) is 3.02. The lowest BCUT2D eigenvalue weighted by molar-refractivity contribution is 0.221. The van der Waals surface area contributed by atoms with Crippen molar-refractivity contribution < 1.29 is 4.39 Å². The second-order valence-corrected chi connectivity index (χ2v) is 5.00. The second kappa shape index (κ2) is 5.14. The van der Waals surface area contributed by atoms with Gasteiger partial charge in [0.05, 0.1) is 6.04 Å². The van der Waals surface area contributed by atoms with E-state index in [9.17, 15) is 4.39 Å². The summed E-state index contributed by atoms with van der Waals surface area (Å²) in [5.41, 5.74) is 3.39. The number of hydrogen-bond donors (Lipinski definition) is 0. The Morgan fingerprint density at radius 1 is 1.05 bits per heavy atom. The average Bonchev–Trinajstić information content (AvgIpc) is 2.47. The van der Waals surface area contributed by atoms with Crippen LogP contribution in [0.25, 0.3) is 0 Å². The van der Waals surface area contributed by atoms with E-state index < -0.39 is 0 Å². The fourth-order valence-electron chi connectivity index (χ4n) is 3.02. The number of halogens is 1. The molecule has 2 heteroatoms. The Hall–Kier alpha value is -1.67. The van der Waals surface area contributed by atoms with E-state index in [1.807, 2.05) is 18.2 Å². The van der Waals surface area contributed by atoms with E-state index >= 15 is 0 Å². The Balaban J connectivity index is 2.13. The molecule has 3 rings (SSSR count). The molecule has 0 saturated carbocycles. The Morgan fingerprint density at radius 2 is 1.74 bits per heavy atom. The van der Waals surface area contributed by atoms with Crippen molar-refractivity contribution >= 4 is 0 Å². The van der Waals surface area contributed by atoms with Crippen molar-refractivity contribution in [3.05, 3.63) is 71.0 Å². The maximum Gasteiger partial charge on any atom is 0.128 e. The number of hydrogen-bond acceptors (Lipinski definition) is 1. The Kier molecular flexibility index (Phi) is 3.34. The smallest absolute Gasteiger partial charge is 0.128 e. The number of nitrogens with zero attached hydrogens (tertiary/aromatic N) is 1. The first kappa shape index (κ1) is 12.4. The summed E-state index contributed by atoms with van der Waals surface area (Å²) in [5.74, 6) is -0.109. The second-order valence-electron chi connectivity index (χ2n) is 5.00. The van der Waals surface area contributed by atoms with E-state index in [1.165, 1.54) is 11.1 Å². The molecule has 0 spiro atoms. The van der Waals surface area contributed by atoms with Crippen LogP contribution in [0.3, 0.4) is 0 Å². The predicted molar refractivity (Wildman–Crippen MR) is 75.6 cm³/mol. The summed E-state index contributed by atoms with van der Waals surface area (Å²) in [6.07, 6.45) is 1.05. The number of rotatable bonds is 2. The molecule has 0 bridgehead atoms. The highest BCUT2D eigenvalue weighted by molar-refractivity contribution is 5.40. The summed E-state index contributed by atoms with van der Waals surface area (Å²) < 4.78 is 14.2. The van der Waals surface area contributed by atoms with Gasteiger partial charge in [0.15, 0.2) is 0 Å². The van der Waals surface area contributed by atoms with Crippen LogP contribution >= 0.6 is 0 Å². The molecule has 1 aliphatic rings. The van der Waals surface area contributed by atoms with Crippen molar-refractivity contribution in [2.24, 2.45) is 0 Å². The summed E-state index contributed by atoms with van der Waals surface area (Å²) in [6, 6.07) is 15.6. The van der Waals surface area contributed by atoms with Gasteiger partial charge >= 0.3 is 0 Å². The normalized spacial score (nSPS) is 19.2. The monoisotopic (exact) mass is 255 g/mol. The third kappa shape index (κ3) is 2.17. The van der Waals surface area contributed by atoms with Crippen molar-refractivity contribution in [1.82, 2.24) is 4.90 Å². The molecule has 2 aromatic carbocycles. The third-order valence-electron chi connectivity index (χ3n) is 3.99. The Labute approximate surface area is 113 Å². The van der Waals surface area contributed by atoms with Crippen LogP contribution in [-0.4, -0.2) is 18.0 Å². The lowest BCUT2D eigenvalue weighted by atomic mass is 9.88. The summed E-state index contributed by atoms with van der Waals surface area (Å²) in [7, 11) is 0. The standard InChI is InChI=1S/C17H18FN/c1-2-19-12-11-13-7-3-4-8-14(13)17(19)15-9-5-6-10-16(15)18/h3-10,17H,2,11-12H2,1H3. The van der Waals surface area contributed by atoms with Gasteiger partial charge in [-0.25, -0.2) is 4.39 Å². The minimum absolute atomic E-state index is 0.0520. The molecule has 0 aromatic heterocycles. The zero-order valence-electron chi connectivity index (χ0n) is 11.1. The van der Waals surface area contributed by atoms with Gasteiger partial charge < -0.3 is 0 Å². The summed E-state index contributed by atoms with van der Waals surface area (Å²) in [6.45, 7) is 4.07. The van der Waals surface area contributed by atoms with Gasteiger partial charge in [-0.3, -0.25) is 4.90 Å². The Morgan fingerprint density at radius 3 is 2.47 bits per heavy atom. The molecule has 1 heterocycles. The zero-order chi connectivity index (χ0) is 13.2. The topological polar surface area (TPSA) is 3.24 Å². The van der Waals surface area contributed by atoms with Crippen molar-refractivity contribution in [1.29, 1.82) is 0 Å². The summed E-state index contributed by atoms with van der Waals surface area (Å²) in [4.78, 5) is 2.35. The third-order valence-corrected chi connectivity index (χ3v) is 3.99. The van der Waals surface area contributed by atoms with Gasteiger partial charge in [0.25, 0.3) is 0 Å². The first-order chi connectivity index (χ1) is 9.31. The molecule has 19 heavy (non-hydrogen) atoms. The molecule has 98 valence electrons. The van der Waals surface area contributed by atoms with Crippen LogP contribution < -0.4 is 0 Å². The van der Waals surface area contributed by atoms with Crippen LogP contribution in [0.4, 0.5) is 4.39 Å². The highest BCUT2D eigenvalue weighted by atomic mass is 19.1. The van der Waals surface area contributed by atoms with Crippen molar-refractivity contribution in [3.8, 4) is 0 Å². The van der Waals surface area contributed by atoms with Gasteiger partial charge in [0.1, 0.15) is 5.82 Å². The number of benzene rings is 2. The predicted octanol–water partition coefficient (Wildman–Crippen LogP) is 3.79. The largest absolute Gasteiger partial charge is 0.292 e. The molecule has 0 saturated heterocycles. The van der Waals surface area contributed by atoms with Gasteiger partial charge in [-0.2, -0.15) is 0 Å². The molecule has 1 unspecified atom stereocenters. The highest BCUT2D eigenvalue weighted by Crippen LogP contribution is 2.35. The lowest BCUT2D eigenvalue weighted by Crippen LogP contribution is -2.36. The van der Waals surface area contributed by atoms with Gasteiger partial charge in [0.2, 0.25) is 0 Å². The SMILES string of the molecule is CCN1CCc2ccccc2C1c1ccccc1F. The molecular formula is C17H18FN. The quantitative estimate of drug-likeness (QED) is 0.789. The van der Waals surface area contributed by atoms with Crippen LogP contribution in [0.5, 0.6) is 0 Å². The van der Waals surface area contributed by atoms with E-state index in [-0.39, 0.29) is 11.9 Å². The number of likely N-dealkylation sites (N-methyl/N-ethyl adjacent to an activating group) is 1. The van der Waals surface area contributed by atoms with Crippen molar-refractivity contribution in [2.75, 3.05) is 13.1 Å². The first-order valence-corrected chi connectivity index (χ1v) is 6.87. The van der Waals surface area contributed by atoms with Crippen molar-refractivity contribution in [3.63, 3.8) is 0 Å². The average molecular weight is 255 g/mol. The van der Waals surface area contributed by atoms with Crippen molar-refractivity contribution in [2.45, 2.75) is 19.4 Å². The van der Waals surface area contributed by atoms with E-state index in [2.05, 4.69) is 30.0 Å². The van der Waals surface area contributed by atoms with Crippen LogP contribution in [0.15, 0.2) is 48.5 Å². The fraction of sp³-hybridized carbons (Fsp3) is 0.294. The molecule has 0 N–H and O–H groups in total. The van der Waals surface area contributed by atoms with Crippen LogP contribution in [0.1, 0.15) is 29.7 Å². The van der Waals surface area contributed by atoms with E-state index in [0.717, 1.165) is 25.1 Å². The molecule has 0 aliphatic carbocycles. The molecule has 0 amide bonds. The molecule has 2 aromatic rings. The molecule has 1 nitrogen and oxygen atoms in total. The maximum absolute atomic E-state index is 14.2. The van der Waals surface area contributed by atoms with Gasteiger partial charge in [-0.05, 0) is 30.2 Å². The molecule has 0 radical (unpaired) electrons. The van der Waals surface area contributed by atoms with Crippen LogP contribution in [-0.2, 0) is 6.42 Å². The maximum atomic E-state index is 14.2. The minimum atomic E-state index is -0.109. The van der Waals surface area contributed by atoms with Gasteiger partial charge in [-0.15, -0.1) is 0 Å². The van der Waals surface area contributed by atoms with Gasteiger partial charge in [0, 0.05) is 12.1 Å². The molecule has 1 atom stereocenters. The van der Waals surface area contributed by atoms with Crippen LogP contribution in [0, 0.1) is 5.82 Å². The zero-order valence-corrected chi connectivity index (χ0v) is 11.1. The summed E-state index contributed by atoms with van der Waals surface area (Å²) in [5, 5.41) is 0. The summed E-state index contributed by atoms with van der Waals surface area (Å²) >= 11 is 0. The van der Waals surface area contributed by atoms with E-state index in [4.69, 9.17) is 0 Å². The van der Waals surface area contributed by atoms with E-state index in [0.29, 0.717) is 0 Å². The Bertz CT molecular complexity index is 579. The molecular weight excluding hydrogens is 237 g/mol. The van der Waals surface area contributed by atoms with E-state index in [1.54, 1.807) is 12.1 Å².